The van der Waals surface area contributed by atoms with Gasteiger partial charge in [0.1, 0.15) is 10.9 Å². The second kappa shape index (κ2) is 5.54. The second-order valence-corrected chi connectivity index (χ2v) is 5.01. The van der Waals surface area contributed by atoms with E-state index in [-0.39, 0.29) is 11.1 Å². The Kier molecular flexibility index (Phi) is 4.04. The van der Waals surface area contributed by atoms with E-state index < -0.39 is 0 Å². The van der Waals surface area contributed by atoms with Crippen molar-refractivity contribution in [1.82, 2.24) is 9.88 Å². The average molecular weight is 330 g/mol. The molecule has 0 saturated carbocycles. The summed E-state index contributed by atoms with van der Waals surface area (Å²) in [5.41, 5.74) is 0.361. The van der Waals surface area contributed by atoms with E-state index in [0.717, 1.165) is 0 Å². The predicted octanol–water partition coefficient (Wildman–Crippen LogP) is 3.36. The van der Waals surface area contributed by atoms with Crippen molar-refractivity contribution in [1.29, 1.82) is 0 Å². The molecule has 0 spiro atoms. The molecular weight excluding hydrogens is 320 g/mol. The third-order valence-corrected chi connectivity index (χ3v) is 3.09. The zero-order valence-electron chi connectivity index (χ0n) is 9.56. The minimum atomic E-state index is -0.204. The summed E-state index contributed by atoms with van der Waals surface area (Å²) < 4.78 is 5.90. The van der Waals surface area contributed by atoms with E-state index >= 15 is 0 Å². The number of nitrogens with zero attached hydrogens (tertiary/aromatic N) is 2. The molecule has 0 bridgehead atoms. The number of aromatic nitrogens is 1. The Morgan fingerprint density at radius 1 is 1.61 bits per heavy atom. The molecule has 0 atom stereocenters. The van der Waals surface area contributed by atoms with E-state index in [1.54, 1.807) is 31.6 Å². The summed E-state index contributed by atoms with van der Waals surface area (Å²) in [4.78, 5) is 17.6. The lowest BCUT2D eigenvalue weighted by molar-refractivity contribution is 0.0775. The van der Waals surface area contributed by atoms with Crippen molar-refractivity contribution in [2.24, 2.45) is 0 Å². The number of hydrogen-bond donors (Lipinski definition) is 0. The Labute approximate surface area is 118 Å². The fourth-order valence-electron chi connectivity index (χ4n) is 1.49. The van der Waals surface area contributed by atoms with E-state index in [1.165, 1.54) is 4.90 Å². The highest BCUT2D eigenvalue weighted by Gasteiger charge is 2.17. The van der Waals surface area contributed by atoms with Gasteiger partial charge in [0.15, 0.2) is 0 Å². The first kappa shape index (κ1) is 13.1. The molecule has 2 aromatic rings. The van der Waals surface area contributed by atoms with Crippen LogP contribution in [0.15, 0.2) is 39.5 Å². The maximum atomic E-state index is 12.2. The largest absolute Gasteiger partial charge is 0.467 e. The van der Waals surface area contributed by atoms with Gasteiger partial charge in [-0.25, -0.2) is 4.98 Å². The normalized spacial score (nSPS) is 10.4. The molecule has 0 aliphatic heterocycles. The van der Waals surface area contributed by atoms with Gasteiger partial charge >= 0.3 is 0 Å². The number of furan rings is 1. The first-order valence-corrected chi connectivity index (χ1v) is 6.34. The number of hydrogen-bond acceptors (Lipinski definition) is 3. The molecule has 0 N–H and O–H groups in total. The van der Waals surface area contributed by atoms with Crippen molar-refractivity contribution in [2.45, 2.75) is 6.54 Å². The van der Waals surface area contributed by atoms with Crippen LogP contribution in [-0.2, 0) is 6.54 Å². The Morgan fingerprint density at radius 3 is 3.06 bits per heavy atom. The summed E-state index contributed by atoms with van der Waals surface area (Å²) in [5.74, 6) is 0.509. The van der Waals surface area contributed by atoms with Gasteiger partial charge in [0.2, 0.25) is 0 Å². The monoisotopic (exact) mass is 328 g/mol. The van der Waals surface area contributed by atoms with Crippen LogP contribution in [0.4, 0.5) is 0 Å². The van der Waals surface area contributed by atoms with Gasteiger partial charge in [0.05, 0.1) is 18.4 Å². The van der Waals surface area contributed by atoms with Crippen LogP contribution in [0.3, 0.4) is 0 Å². The lowest BCUT2D eigenvalue weighted by Crippen LogP contribution is -2.26. The fourth-order valence-corrected chi connectivity index (χ4v) is 2.00. The lowest BCUT2D eigenvalue weighted by Gasteiger charge is -2.16. The molecule has 2 rings (SSSR count). The topological polar surface area (TPSA) is 46.3 Å². The van der Waals surface area contributed by atoms with Crippen LogP contribution >= 0.6 is 27.5 Å². The van der Waals surface area contributed by atoms with E-state index in [4.69, 9.17) is 16.0 Å². The summed E-state index contributed by atoms with van der Waals surface area (Å²) in [5, 5.41) is 0.189. The number of carbonyl (C=O) groups excluding carboxylic acids is 1. The molecule has 2 aromatic heterocycles. The zero-order chi connectivity index (χ0) is 13.1. The van der Waals surface area contributed by atoms with Crippen LogP contribution in [0.1, 0.15) is 16.1 Å². The summed E-state index contributed by atoms with van der Waals surface area (Å²) >= 11 is 9.18. The van der Waals surface area contributed by atoms with E-state index in [2.05, 4.69) is 20.9 Å². The first-order chi connectivity index (χ1) is 8.58. The van der Waals surface area contributed by atoms with Crippen LogP contribution in [0.25, 0.3) is 0 Å². The van der Waals surface area contributed by atoms with Crippen molar-refractivity contribution >= 4 is 33.4 Å². The van der Waals surface area contributed by atoms with E-state index in [1.807, 2.05) is 6.07 Å². The number of rotatable bonds is 3. The summed E-state index contributed by atoms with van der Waals surface area (Å²) in [7, 11) is 1.68. The Hall–Kier alpha value is -1.33. The Balaban J connectivity index is 2.17. The summed E-state index contributed by atoms with van der Waals surface area (Å²) in [6.45, 7) is 0.384. The third-order valence-electron chi connectivity index (χ3n) is 2.36. The minimum absolute atomic E-state index is 0.189. The first-order valence-electron chi connectivity index (χ1n) is 5.17. The second-order valence-electron chi connectivity index (χ2n) is 3.73. The van der Waals surface area contributed by atoms with Gasteiger partial charge in [-0.2, -0.15) is 0 Å². The van der Waals surface area contributed by atoms with Crippen molar-refractivity contribution in [2.75, 3.05) is 7.05 Å². The molecule has 94 valence electrons. The standard InChI is InChI=1S/C12H10BrClN2O2/c1-16(7-9-3-2-4-18-9)12(17)10-5-8(13)6-15-11(10)14/h2-6H,7H2,1H3. The van der Waals surface area contributed by atoms with Gasteiger partial charge in [-0.15, -0.1) is 0 Å². The molecular formula is C12H10BrClN2O2. The lowest BCUT2D eigenvalue weighted by atomic mass is 10.2. The molecule has 0 saturated heterocycles. The van der Waals surface area contributed by atoms with Gasteiger partial charge in [-0.1, -0.05) is 11.6 Å². The minimum Gasteiger partial charge on any atom is -0.467 e. The molecule has 0 unspecified atom stereocenters. The average Bonchev–Trinajstić information content (AvgIpc) is 2.84. The zero-order valence-corrected chi connectivity index (χ0v) is 11.9. The van der Waals surface area contributed by atoms with Gasteiger partial charge in [0.25, 0.3) is 5.91 Å². The maximum Gasteiger partial charge on any atom is 0.257 e. The number of halogens is 2. The van der Waals surface area contributed by atoms with Crippen LogP contribution in [0.2, 0.25) is 5.15 Å². The van der Waals surface area contributed by atoms with Crippen LogP contribution in [-0.4, -0.2) is 22.8 Å². The van der Waals surface area contributed by atoms with E-state index in [9.17, 15) is 4.79 Å². The molecule has 0 radical (unpaired) electrons. The number of carbonyl (C=O) groups is 1. The molecule has 6 heteroatoms. The van der Waals surface area contributed by atoms with Crippen molar-refractivity contribution in [3.05, 3.63) is 51.6 Å². The van der Waals surface area contributed by atoms with Crippen molar-refractivity contribution in [3.63, 3.8) is 0 Å². The Morgan fingerprint density at radius 2 is 2.39 bits per heavy atom. The highest BCUT2D eigenvalue weighted by molar-refractivity contribution is 9.10. The summed E-state index contributed by atoms with van der Waals surface area (Å²) in [6.07, 6.45) is 3.12. The maximum absolute atomic E-state index is 12.2. The molecule has 1 amide bonds. The Bertz CT molecular complexity index is 557. The number of pyridine rings is 1. The molecule has 4 nitrogen and oxygen atoms in total. The van der Waals surface area contributed by atoms with Crippen LogP contribution in [0, 0.1) is 0 Å². The van der Waals surface area contributed by atoms with Gasteiger partial charge in [0, 0.05) is 17.7 Å². The quantitative estimate of drug-likeness (QED) is 0.811. The predicted molar refractivity (Wildman–Crippen MR) is 71.5 cm³/mol. The van der Waals surface area contributed by atoms with Crippen LogP contribution < -0.4 is 0 Å². The molecule has 18 heavy (non-hydrogen) atoms. The number of amides is 1. The smallest absolute Gasteiger partial charge is 0.257 e. The fraction of sp³-hybridized carbons (Fsp3) is 0.167. The summed E-state index contributed by atoms with van der Waals surface area (Å²) in [6, 6.07) is 5.24. The van der Waals surface area contributed by atoms with Crippen molar-refractivity contribution < 1.29 is 9.21 Å². The highest BCUT2D eigenvalue weighted by atomic mass is 79.9. The van der Waals surface area contributed by atoms with E-state index in [0.29, 0.717) is 22.3 Å². The molecule has 0 aliphatic rings. The van der Waals surface area contributed by atoms with Gasteiger partial charge < -0.3 is 9.32 Å². The molecule has 2 heterocycles. The molecule has 0 aromatic carbocycles. The van der Waals surface area contributed by atoms with Crippen molar-refractivity contribution in [3.8, 4) is 0 Å². The SMILES string of the molecule is CN(Cc1ccco1)C(=O)c1cc(Br)cnc1Cl. The molecule has 0 fully saturated rings. The third kappa shape index (κ3) is 2.91. The van der Waals surface area contributed by atoms with Gasteiger partial charge in [-0.3, -0.25) is 4.79 Å². The molecule has 0 aliphatic carbocycles. The van der Waals surface area contributed by atoms with Gasteiger partial charge in [-0.05, 0) is 34.1 Å². The highest BCUT2D eigenvalue weighted by Crippen LogP contribution is 2.20. The van der Waals surface area contributed by atoms with Crippen LogP contribution in [0.5, 0.6) is 0 Å².